The van der Waals surface area contributed by atoms with Crippen molar-refractivity contribution in [3.8, 4) is 0 Å². The molecule has 4 rings (SSSR count). The molecule has 0 saturated carbocycles. The van der Waals surface area contributed by atoms with E-state index in [2.05, 4.69) is 20.6 Å². The summed E-state index contributed by atoms with van der Waals surface area (Å²) in [6.45, 7) is 6.33. The number of hydrogen-bond donors (Lipinski definition) is 2. The molecule has 176 valence electrons. The number of benzene rings is 1. The van der Waals surface area contributed by atoms with Gasteiger partial charge in [0.25, 0.3) is 5.91 Å². The third kappa shape index (κ3) is 4.31. The smallest absolute Gasteiger partial charge is 0.348 e. The monoisotopic (exact) mass is 462 g/mol. The highest BCUT2D eigenvalue weighted by atomic mass is 19.4. The molecule has 2 aliphatic heterocycles. The van der Waals surface area contributed by atoms with Crippen LogP contribution < -0.4 is 15.5 Å². The lowest BCUT2D eigenvalue weighted by Crippen LogP contribution is -2.57. The van der Waals surface area contributed by atoms with Crippen LogP contribution in [0.25, 0.3) is 0 Å². The summed E-state index contributed by atoms with van der Waals surface area (Å²) in [4.78, 5) is 37.3. The molecular formula is C22H25F3N6O2. The first-order chi connectivity index (χ1) is 15.5. The second-order valence-electron chi connectivity index (χ2n) is 8.75. The summed E-state index contributed by atoms with van der Waals surface area (Å²) < 4.78 is 38.8. The second-order valence-corrected chi connectivity index (χ2v) is 8.75. The fourth-order valence-electron chi connectivity index (χ4n) is 4.21. The van der Waals surface area contributed by atoms with Crippen molar-refractivity contribution in [1.29, 1.82) is 0 Å². The fourth-order valence-corrected chi connectivity index (χ4v) is 4.21. The Labute approximate surface area is 189 Å². The summed E-state index contributed by atoms with van der Waals surface area (Å²) in [6, 6.07) is 3.92. The number of carbonyl (C=O) groups is 2. The number of aryl methyl sites for hydroxylation is 1. The number of likely N-dealkylation sites (tertiary alicyclic amines) is 1. The Morgan fingerprint density at radius 2 is 1.94 bits per heavy atom. The van der Waals surface area contributed by atoms with Crippen molar-refractivity contribution in [3.05, 3.63) is 41.1 Å². The average molecular weight is 462 g/mol. The average Bonchev–Trinajstić information content (AvgIpc) is 2.70. The van der Waals surface area contributed by atoms with Crippen LogP contribution in [0.2, 0.25) is 0 Å². The summed E-state index contributed by atoms with van der Waals surface area (Å²) in [6.07, 6.45) is -4.50. The van der Waals surface area contributed by atoms with E-state index in [1.165, 1.54) is 17.0 Å². The highest BCUT2D eigenvalue weighted by Gasteiger charge is 2.37. The predicted octanol–water partition coefficient (Wildman–Crippen LogP) is 3.15. The van der Waals surface area contributed by atoms with Crippen molar-refractivity contribution < 1.29 is 22.8 Å². The number of carbonyl (C=O) groups excluding carboxylic acids is 2. The number of likely N-dealkylation sites (N-methyl/N-ethyl adjacent to an activating group) is 1. The van der Waals surface area contributed by atoms with Gasteiger partial charge in [0.15, 0.2) is 5.82 Å². The van der Waals surface area contributed by atoms with Gasteiger partial charge in [-0.3, -0.25) is 9.59 Å². The Kier molecular flexibility index (Phi) is 5.67. The third-order valence-corrected chi connectivity index (χ3v) is 5.91. The molecule has 1 saturated heterocycles. The van der Waals surface area contributed by atoms with Gasteiger partial charge in [0.1, 0.15) is 11.7 Å². The van der Waals surface area contributed by atoms with E-state index in [-0.39, 0.29) is 29.5 Å². The quantitative estimate of drug-likeness (QED) is 0.726. The van der Waals surface area contributed by atoms with Crippen LogP contribution in [0, 0.1) is 12.8 Å². The van der Waals surface area contributed by atoms with E-state index in [0.717, 1.165) is 12.1 Å². The van der Waals surface area contributed by atoms with E-state index < -0.39 is 17.6 Å². The molecule has 0 aliphatic carbocycles. The van der Waals surface area contributed by atoms with Gasteiger partial charge in [-0.2, -0.15) is 18.2 Å². The van der Waals surface area contributed by atoms with Gasteiger partial charge in [0.2, 0.25) is 11.9 Å². The molecule has 0 radical (unpaired) electrons. The number of hydrogen-bond acceptors (Lipinski definition) is 6. The van der Waals surface area contributed by atoms with Crippen molar-refractivity contribution in [3.63, 3.8) is 0 Å². The molecule has 2 aromatic rings. The van der Waals surface area contributed by atoms with Crippen molar-refractivity contribution in [1.82, 2.24) is 14.9 Å². The van der Waals surface area contributed by atoms with Crippen LogP contribution in [0.4, 0.5) is 30.6 Å². The zero-order chi connectivity index (χ0) is 24.1. The van der Waals surface area contributed by atoms with E-state index in [9.17, 15) is 22.8 Å². The number of nitrogens with one attached hydrogen (secondary N) is 2. The predicted molar refractivity (Wildman–Crippen MR) is 117 cm³/mol. The fraction of sp³-hybridized carbons (Fsp3) is 0.455. The maximum absolute atomic E-state index is 12.9. The molecular weight excluding hydrogens is 437 g/mol. The van der Waals surface area contributed by atoms with E-state index in [1.54, 1.807) is 6.92 Å². The lowest BCUT2D eigenvalue weighted by atomic mass is 9.99. The van der Waals surface area contributed by atoms with Gasteiger partial charge in [-0.05, 0) is 31.0 Å². The van der Waals surface area contributed by atoms with E-state index in [0.29, 0.717) is 36.2 Å². The minimum Gasteiger partial charge on any atom is -0.348 e. The Balaban J connectivity index is 1.44. The van der Waals surface area contributed by atoms with Crippen LogP contribution in [0.15, 0.2) is 24.3 Å². The van der Waals surface area contributed by atoms with Crippen LogP contribution in [0.3, 0.4) is 0 Å². The standard InChI is InChI=1S/C22H25F3N6O2/c1-11(2)17-19(32)28-16-12(3)26-21(29-18(16)30(17)4)27-15-9-31(10-15)20(33)13-6-5-7-14(8-13)22(23,24)25/h5-8,11,15,17H,9-10H2,1-4H3,(H,28,32)(H,26,27,29)/t17-/m0/s1. The number of halogens is 3. The topological polar surface area (TPSA) is 90.5 Å². The highest BCUT2D eigenvalue weighted by Crippen LogP contribution is 2.34. The second kappa shape index (κ2) is 8.20. The first-order valence-electron chi connectivity index (χ1n) is 10.6. The van der Waals surface area contributed by atoms with Gasteiger partial charge < -0.3 is 20.4 Å². The van der Waals surface area contributed by atoms with Crippen LogP contribution in [-0.4, -0.2) is 58.9 Å². The van der Waals surface area contributed by atoms with Crippen molar-refractivity contribution in [2.24, 2.45) is 5.92 Å². The van der Waals surface area contributed by atoms with E-state index in [1.807, 2.05) is 25.8 Å². The SMILES string of the molecule is Cc1nc(NC2CN(C(=O)c3cccc(C(F)(F)F)c3)C2)nc2c1NC(=O)[C@H](C(C)C)N2C. The third-order valence-electron chi connectivity index (χ3n) is 5.91. The number of amides is 2. The van der Waals surface area contributed by atoms with Crippen LogP contribution in [-0.2, 0) is 11.0 Å². The molecule has 1 aromatic carbocycles. The number of anilines is 3. The molecule has 2 aliphatic rings. The lowest BCUT2D eigenvalue weighted by Gasteiger charge is -2.40. The highest BCUT2D eigenvalue weighted by molar-refractivity contribution is 6.03. The minimum absolute atomic E-state index is 0.00115. The molecule has 1 atom stereocenters. The van der Waals surface area contributed by atoms with Gasteiger partial charge in [-0.1, -0.05) is 19.9 Å². The van der Waals surface area contributed by atoms with Crippen LogP contribution >= 0.6 is 0 Å². The summed E-state index contributed by atoms with van der Waals surface area (Å²) in [5.74, 6) is 0.503. The molecule has 11 heteroatoms. The van der Waals surface area contributed by atoms with Gasteiger partial charge in [-0.15, -0.1) is 0 Å². The molecule has 2 amide bonds. The molecule has 3 heterocycles. The Hall–Kier alpha value is -3.37. The zero-order valence-electron chi connectivity index (χ0n) is 18.7. The van der Waals surface area contributed by atoms with Gasteiger partial charge >= 0.3 is 6.18 Å². The van der Waals surface area contributed by atoms with Gasteiger partial charge in [0.05, 0.1) is 17.3 Å². The molecule has 33 heavy (non-hydrogen) atoms. The summed E-state index contributed by atoms with van der Waals surface area (Å²) >= 11 is 0. The molecule has 1 aromatic heterocycles. The van der Waals surface area contributed by atoms with Crippen LogP contribution in [0.1, 0.15) is 35.5 Å². The van der Waals surface area contributed by atoms with Crippen molar-refractivity contribution >= 4 is 29.3 Å². The number of fused-ring (bicyclic) bond motifs is 1. The van der Waals surface area contributed by atoms with Crippen LogP contribution in [0.5, 0.6) is 0 Å². The molecule has 0 unspecified atom stereocenters. The molecule has 0 spiro atoms. The largest absolute Gasteiger partial charge is 0.416 e. The zero-order valence-corrected chi connectivity index (χ0v) is 18.7. The number of aromatic nitrogens is 2. The van der Waals surface area contributed by atoms with E-state index >= 15 is 0 Å². The molecule has 1 fully saturated rings. The molecule has 0 bridgehead atoms. The van der Waals surface area contributed by atoms with Crippen molar-refractivity contribution in [2.45, 2.75) is 39.0 Å². The number of nitrogens with zero attached hydrogens (tertiary/aromatic N) is 4. The summed E-state index contributed by atoms with van der Waals surface area (Å²) in [5, 5.41) is 6.07. The maximum Gasteiger partial charge on any atom is 0.416 e. The van der Waals surface area contributed by atoms with E-state index in [4.69, 9.17) is 0 Å². The Morgan fingerprint density at radius 1 is 1.24 bits per heavy atom. The summed E-state index contributed by atoms with van der Waals surface area (Å²) in [5.41, 5.74) is 0.333. The van der Waals surface area contributed by atoms with Crippen molar-refractivity contribution in [2.75, 3.05) is 35.7 Å². The molecule has 2 N–H and O–H groups in total. The van der Waals surface area contributed by atoms with Gasteiger partial charge in [0, 0.05) is 25.7 Å². The number of alkyl halides is 3. The lowest BCUT2D eigenvalue weighted by molar-refractivity contribution is -0.137. The normalized spacial score (nSPS) is 18.7. The summed E-state index contributed by atoms with van der Waals surface area (Å²) in [7, 11) is 1.82. The maximum atomic E-state index is 12.9. The Morgan fingerprint density at radius 3 is 2.58 bits per heavy atom. The Bertz CT molecular complexity index is 1100. The van der Waals surface area contributed by atoms with Gasteiger partial charge in [-0.25, -0.2) is 4.98 Å². The first-order valence-corrected chi connectivity index (χ1v) is 10.6. The minimum atomic E-state index is -4.50. The molecule has 8 nitrogen and oxygen atoms in total. The first kappa shape index (κ1) is 22.8. The number of rotatable bonds is 4.